The normalized spacial score (nSPS) is 10.6. The topological polar surface area (TPSA) is 93.2 Å². The third-order valence-corrected chi connectivity index (χ3v) is 6.44. The molecule has 168 valence electrons. The molecule has 3 aromatic rings. The maximum Gasteiger partial charge on any atom is 0.264 e. The highest BCUT2D eigenvalue weighted by Gasteiger charge is 2.11. The Morgan fingerprint density at radius 3 is 2.50 bits per heavy atom. The number of thioether (sulfide) groups is 1. The van der Waals surface area contributed by atoms with E-state index >= 15 is 0 Å². The zero-order chi connectivity index (χ0) is 22.8. The summed E-state index contributed by atoms with van der Waals surface area (Å²) in [5, 5.41) is 14.4. The van der Waals surface area contributed by atoms with Crippen LogP contribution in [0.4, 0.5) is 10.8 Å². The van der Waals surface area contributed by atoms with Gasteiger partial charge in [-0.15, -0.1) is 10.2 Å². The summed E-state index contributed by atoms with van der Waals surface area (Å²) >= 11 is 8.27. The Labute approximate surface area is 199 Å². The van der Waals surface area contributed by atoms with Gasteiger partial charge in [0.2, 0.25) is 11.0 Å². The molecule has 0 aliphatic rings. The predicted octanol–water partition coefficient (Wildman–Crippen LogP) is 5.28. The molecule has 0 fully saturated rings. The van der Waals surface area contributed by atoms with Gasteiger partial charge in [-0.05, 0) is 54.8 Å². The van der Waals surface area contributed by atoms with Crippen molar-refractivity contribution in [1.82, 2.24) is 10.2 Å². The number of carbonyl (C=O) groups excluding carboxylic acids is 2. The molecule has 7 nitrogen and oxygen atoms in total. The highest BCUT2D eigenvalue weighted by atomic mass is 35.5. The molecule has 0 spiro atoms. The number of hydrogen-bond donors (Lipinski definition) is 2. The Bertz CT molecular complexity index is 1030. The van der Waals surface area contributed by atoms with Gasteiger partial charge in [0.05, 0.1) is 5.75 Å². The van der Waals surface area contributed by atoms with Crippen LogP contribution in [0.5, 0.6) is 5.75 Å². The molecule has 10 heteroatoms. The summed E-state index contributed by atoms with van der Waals surface area (Å²) < 4.78 is 5.98. The van der Waals surface area contributed by atoms with Crippen LogP contribution in [0.2, 0.25) is 5.02 Å². The van der Waals surface area contributed by atoms with E-state index in [0.717, 1.165) is 24.9 Å². The summed E-state index contributed by atoms with van der Waals surface area (Å²) in [4.78, 5) is 24.2. The third-order valence-electron chi connectivity index (χ3n) is 4.22. The molecule has 1 aromatic heterocycles. The maximum absolute atomic E-state index is 12.2. The quantitative estimate of drug-likeness (QED) is 0.280. The average molecular weight is 491 g/mol. The summed E-state index contributed by atoms with van der Waals surface area (Å²) in [5.74, 6) is 0.251. The van der Waals surface area contributed by atoms with Gasteiger partial charge in [0.25, 0.3) is 5.91 Å². The van der Waals surface area contributed by atoms with Crippen molar-refractivity contribution in [2.24, 2.45) is 0 Å². The number of nitrogens with one attached hydrogen (secondary N) is 2. The summed E-state index contributed by atoms with van der Waals surface area (Å²) in [7, 11) is 0. The average Bonchev–Trinajstić information content (AvgIpc) is 3.24. The van der Waals surface area contributed by atoms with E-state index in [1.54, 1.807) is 24.3 Å². The van der Waals surface area contributed by atoms with Crippen LogP contribution < -0.4 is 15.4 Å². The Morgan fingerprint density at radius 1 is 1.03 bits per heavy atom. The third kappa shape index (κ3) is 8.14. The first kappa shape index (κ1) is 24.0. The molecule has 0 unspecified atom stereocenters. The molecule has 2 aromatic carbocycles. The monoisotopic (exact) mass is 490 g/mol. The van der Waals surface area contributed by atoms with Crippen molar-refractivity contribution in [2.75, 3.05) is 23.0 Å². The molecule has 0 radical (unpaired) electrons. The van der Waals surface area contributed by atoms with E-state index in [1.807, 2.05) is 24.3 Å². The number of aromatic nitrogens is 2. The number of anilines is 2. The number of rotatable bonds is 11. The zero-order valence-corrected chi connectivity index (χ0v) is 19.9. The van der Waals surface area contributed by atoms with Crippen LogP contribution in [0.15, 0.2) is 52.9 Å². The van der Waals surface area contributed by atoms with Crippen LogP contribution in [-0.2, 0) is 16.0 Å². The Balaban J connectivity index is 1.39. The second-order valence-corrected chi connectivity index (χ2v) is 9.44. The number of benzene rings is 2. The smallest absolute Gasteiger partial charge is 0.264 e. The number of unbranched alkanes of at least 4 members (excludes halogenated alkanes) is 1. The lowest BCUT2D eigenvalue weighted by atomic mass is 10.1. The standard InChI is InChI=1S/C22H23ClN4O3S2/c1-2-3-4-15-5-9-17(10-6-15)24-20(29)14-31-22-27-26-21(32-22)25-19(28)13-30-18-11-7-16(23)8-12-18/h5-12H,2-4,13-14H2,1H3,(H,24,29)(H,25,26,28). The Morgan fingerprint density at radius 2 is 1.78 bits per heavy atom. The van der Waals surface area contributed by atoms with Gasteiger partial charge in [0, 0.05) is 10.7 Å². The first-order valence-corrected chi connectivity index (χ1v) is 12.2. The Hall–Kier alpha value is -2.62. The zero-order valence-electron chi connectivity index (χ0n) is 17.5. The largest absolute Gasteiger partial charge is 0.484 e. The number of halogens is 1. The molecule has 2 N–H and O–H groups in total. The van der Waals surface area contributed by atoms with E-state index in [1.165, 1.54) is 28.7 Å². The lowest BCUT2D eigenvalue weighted by molar-refractivity contribution is -0.118. The number of aryl methyl sites for hydroxylation is 1. The van der Waals surface area contributed by atoms with Gasteiger partial charge in [0.15, 0.2) is 10.9 Å². The van der Waals surface area contributed by atoms with Crippen molar-refractivity contribution in [3.8, 4) is 5.75 Å². The maximum atomic E-state index is 12.2. The lowest BCUT2D eigenvalue weighted by Gasteiger charge is -2.06. The number of ether oxygens (including phenoxy) is 1. The first-order valence-electron chi connectivity index (χ1n) is 10.0. The summed E-state index contributed by atoms with van der Waals surface area (Å²) in [5.41, 5.74) is 2.03. The van der Waals surface area contributed by atoms with Gasteiger partial charge in [0.1, 0.15) is 5.75 Å². The van der Waals surface area contributed by atoms with Gasteiger partial charge >= 0.3 is 0 Å². The van der Waals surface area contributed by atoms with Crippen LogP contribution in [0.1, 0.15) is 25.3 Å². The second kappa shape index (κ2) is 12.4. The van der Waals surface area contributed by atoms with Gasteiger partial charge < -0.3 is 10.1 Å². The molecule has 0 aliphatic heterocycles. The van der Waals surface area contributed by atoms with E-state index in [0.29, 0.717) is 20.2 Å². The van der Waals surface area contributed by atoms with Gasteiger partial charge in [-0.3, -0.25) is 14.9 Å². The fourth-order valence-corrected chi connectivity index (χ4v) is 4.31. The van der Waals surface area contributed by atoms with E-state index < -0.39 is 0 Å². The molecular formula is C22H23ClN4O3S2. The second-order valence-electron chi connectivity index (χ2n) is 6.80. The molecule has 3 rings (SSSR count). The minimum atomic E-state index is -0.354. The molecule has 0 aliphatic carbocycles. The van der Waals surface area contributed by atoms with Crippen LogP contribution in [0, 0.1) is 0 Å². The van der Waals surface area contributed by atoms with Crippen LogP contribution in [0.3, 0.4) is 0 Å². The fourth-order valence-electron chi connectivity index (χ4n) is 2.61. The van der Waals surface area contributed by atoms with E-state index in [2.05, 4.69) is 27.8 Å². The van der Waals surface area contributed by atoms with Crippen LogP contribution in [0.25, 0.3) is 0 Å². The highest BCUT2D eigenvalue weighted by Crippen LogP contribution is 2.25. The van der Waals surface area contributed by atoms with E-state index in [9.17, 15) is 9.59 Å². The van der Waals surface area contributed by atoms with Gasteiger partial charge in [-0.2, -0.15) is 0 Å². The van der Waals surface area contributed by atoms with Crippen molar-refractivity contribution in [2.45, 2.75) is 30.5 Å². The van der Waals surface area contributed by atoms with E-state index in [-0.39, 0.29) is 24.2 Å². The minimum absolute atomic E-state index is 0.131. The predicted molar refractivity (Wildman–Crippen MR) is 130 cm³/mol. The first-order chi connectivity index (χ1) is 15.5. The number of nitrogens with zero attached hydrogens (tertiary/aromatic N) is 2. The van der Waals surface area contributed by atoms with Crippen molar-refractivity contribution in [1.29, 1.82) is 0 Å². The fraction of sp³-hybridized carbons (Fsp3) is 0.273. The summed E-state index contributed by atoms with van der Waals surface area (Å²) in [6, 6.07) is 14.6. The van der Waals surface area contributed by atoms with Crippen molar-refractivity contribution in [3.05, 3.63) is 59.1 Å². The van der Waals surface area contributed by atoms with E-state index in [4.69, 9.17) is 16.3 Å². The number of amides is 2. The molecule has 0 saturated carbocycles. The molecule has 0 atom stereocenters. The highest BCUT2D eigenvalue weighted by molar-refractivity contribution is 8.01. The Kier molecular flexibility index (Phi) is 9.33. The molecule has 0 saturated heterocycles. The molecule has 0 bridgehead atoms. The molecule has 32 heavy (non-hydrogen) atoms. The van der Waals surface area contributed by atoms with Crippen molar-refractivity contribution in [3.63, 3.8) is 0 Å². The van der Waals surface area contributed by atoms with Crippen molar-refractivity contribution < 1.29 is 14.3 Å². The van der Waals surface area contributed by atoms with Crippen LogP contribution in [-0.4, -0.2) is 34.4 Å². The van der Waals surface area contributed by atoms with Gasteiger partial charge in [-0.1, -0.05) is 60.2 Å². The van der Waals surface area contributed by atoms with Crippen molar-refractivity contribution >= 4 is 57.3 Å². The molecular weight excluding hydrogens is 468 g/mol. The molecule has 2 amide bonds. The molecule has 1 heterocycles. The SMILES string of the molecule is CCCCc1ccc(NC(=O)CSc2nnc(NC(=O)COc3ccc(Cl)cc3)s2)cc1. The minimum Gasteiger partial charge on any atom is -0.484 e. The summed E-state index contributed by atoms with van der Waals surface area (Å²) in [6.45, 7) is 2.00. The number of hydrogen-bond acceptors (Lipinski definition) is 7. The number of carbonyl (C=O) groups is 2. The van der Waals surface area contributed by atoms with Gasteiger partial charge in [-0.25, -0.2) is 0 Å². The lowest BCUT2D eigenvalue weighted by Crippen LogP contribution is -2.20. The summed E-state index contributed by atoms with van der Waals surface area (Å²) in [6.07, 6.45) is 3.36. The van der Waals surface area contributed by atoms with Crippen LogP contribution >= 0.6 is 34.7 Å².